The molecular weight excluding hydrogens is 396 g/mol. The van der Waals surface area contributed by atoms with E-state index >= 15 is 0 Å². The predicted octanol–water partition coefficient (Wildman–Crippen LogP) is 11.5. The lowest BCUT2D eigenvalue weighted by Gasteiger charge is -2.71. The van der Waals surface area contributed by atoms with E-state index < -0.39 is 0 Å². The molecule has 33 heavy (non-hydrogen) atoms. The first-order valence-electron chi connectivity index (χ1n) is 13.9. The van der Waals surface area contributed by atoms with E-state index in [4.69, 9.17) is 0 Å². The molecule has 0 nitrogen and oxygen atoms in total. The van der Waals surface area contributed by atoms with E-state index in [2.05, 4.69) is 152 Å². The van der Waals surface area contributed by atoms with E-state index in [1.165, 1.54) is 0 Å². The van der Waals surface area contributed by atoms with Gasteiger partial charge in [0, 0.05) is 0 Å². The van der Waals surface area contributed by atoms with Gasteiger partial charge in [-0.2, -0.15) is 0 Å². The van der Waals surface area contributed by atoms with Crippen molar-refractivity contribution in [2.75, 3.05) is 0 Å². The van der Waals surface area contributed by atoms with Crippen molar-refractivity contribution in [3.05, 3.63) is 0 Å². The average molecular weight is 465 g/mol. The molecule has 0 unspecified atom stereocenters. The van der Waals surface area contributed by atoms with Gasteiger partial charge in [0.1, 0.15) is 0 Å². The zero-order valence-electron chi connectivity index (χ0n) is 27.7. The van der Waals surface area contributed by atoms with Gasteiger partial charge in [-0.25, -0.2) is 0 Å². The molecule has 0 fully saturated rings. The van der Waals surface area contributed by atoms with Crippen LogP contribution in [0.15, 0.2) is 0 Å². The van der Waals surface area contributed by atoms with Gasteiger partial charge in [-0.05, 0) is 60.6 Å². The van der Waals surface area contributed by atoms with Crippen molar-refractivity contribution < 1.29 is 0 Å². The van der Waals surface area contributed by atoms with Crippen molar-refractivity contribution in [1.82, 2.24) is 0 Å². The predicted molar refractivity (Wildman–Crippen MR) is 154 cm³/mol. The van der Waals surface area contributed by atoms with Crippen LogP contribution >= 0.6 is 0 Å². The topological polar surface area (TPSA) is 0 Å². The molecule has 0 aromatic carbocycles. The Morgan fingerprint density at radius 3 is 0.485 bits per heavy atom. The van der Waals surface area contributed by atoms with E-state index in [9.17, 15) is 0 Å². The van der Waals surface area contributed by atoms with Crippen molar-refractivity contribution in [2.24, 2.45) is 60.6 Å². The molecule has 0 aromatic rings. The minimum atomic E-state index is 0.0850. The summed E-state index contributed by atoms with van der Waals surface area (Å²) in [5, 5.41) is 0. The molecule has 0 saturated heterocycles. The minimum Gasteiger partial charge on any atom is -0.0622 e. The normalized spacial score (nSPS) is 16.7. The van der Waals surface area contributed by atoms with E-state index in [0.717, 1.165) is 0 Å². The Bertz CT molecular complexity index is 611. The van der Waals surface area contributed by atoms with Gasteiger partial charge in [-0.3, -0.25) is 0 Å². The number of hydrogen-bond donors (Lipinski definition) is 0. The Labute approximate surface area is 212 Å². The zero-order valence-corrected chi connectivity index (χ0v) is 27.7. The summed E-state index contributed by atoms with van der Waals surface area (Å²) in [5.74, 6) is 1.25. The second-order valence-electron chi connectivity index (χ2n) is 17.1. The van der Waals surface area contributed by atoms with Gasteiger partial charge in [0.25, 0.3) is 0 Å². The SMILES string of the molecule is CC(C)C(C)(C)C(C)(C)C(C)(C)C(C)(C)C(C)(C)C(C)(C)C(C)(C)C(C)(C)C(C)(C)C(C)C. The maximum atomic E-state index is 2.58. The van der Waals surface area contributed by atoms with Gasteiger partial charge in [0.05, 0.1) is 0 Å². The van der Waals surface area contributed by atoms with Gasteiger partial charge < -0.3 is 0 Å². The lowest BCUT2D eigenvalue weighted by Crippen LogP contribution is -2.65. The van der Waals surface area contributed by atoms with E-state index in [0.29, 0.717) is 11.8 Å². The van der Waals surface area contributed by atoms with Gasteiger partial charge in [0.15, 0.2) is 0 Å². The Kier molecular flexibility index (Phi) is 8.54. The molecule has 0 amide bonds. The van der Waals surface area contributed by atoms with Crippen molar-refractivity contribution in [3.8, 4) is 0 Å². The molecule has 0 atom stereocenters. The van der Waals surface area contributed by atoms with Gasteiger partial charge >= 0.3 is 0 Å². The molecule has 0 N–H and O–H groups in total. The molecule has 0 aliphatic rings. The first kappa shape index (κ1) is 33.0. The lowest BCUT2D eigenvalue weighted by molar-refractivity contribution is -0.229. The fourth-order valence-corrected chi connectivity index (χ4v) is 6.96. The van der Waals surface area contributed by atoms with Crippen molar-refractivity contribution >= 4 is 0 Å². The van der Waals surface area contributed by atoms with Crippen LogP contribution in [0.4, 0.5) is 0 Å². The third-order valence-corrected chi connectivity index (χ3v) is 15.5. The number of hydrogen-bond acceptors (Lipinski definition) is 0. The highest BCUT2D eigenvalue weighted by atomic mass is 14.7. The Morgan fingerprint density at radius 2 is 0.364 bits per heavy atom. The minimum absolute atomic E-state index is 0.0850. The fourth-order valence-electron chi connectivity index (χ4n) is 6.96. The maximum Gasteiger partial charge on any atom is -0.0241 e. The van der Waals surface area contributed by atoms with Crippen molar-refractivity contribution in [3.63, 3.8) is 0 Å². The van der Waals surface area contributed by atoms with Crippen molar-refractivity contribution in [2.45, 2.75) is 152 Å². The van der Waals surface area contributed by atoms with Crippen LogP contribution in [0.2, 0.25) is 0 Å². The lowest BCUT2D eigenvalue weighted by atomic mass is 9.33. The van der Waals surface area contributed by atoms with Crippen LogP contribution in [0.25, 0.3) is 0 Å². The molecule has 0 spiro atoms. The molecule has 0 aromatic heterocycles. The second-order valence-corrected chi connectivity index (χ2v) is 17.1. The fraction of sp³-hybridized carbons (Fsp3) is 1.00. The molecule has 0 bridgehead atoms. The van der Waals surface area contributed by atoms with Crippen molar-refractivity contribution in [1.29, 1.82) is 0 Å². The summed E-state index contributed by atoms with van der Waals surface area (Å²) in [5.41, 5.74) is 1.25. The molecular formula is C33H68. The van der Waals surface area contributed by atoms with Crippen LogP contribution in [0.5, 0.6) is 0 Å². The van der Waals surface area contributed by atoms with Crippen LogP contribution in [0.1, 0.15) is 152 Å². The van der Waals surface area contributed by atoms with Gasteiger partial charge in [0.2, 0.25) is 0 Å². The third-order valence-electron chi connectivity index (χ3n) is 15.5. The van der Waals surface area contributed by atoms with E-state index in [1.54, 1.807) is 0 Å². The standard InChI is InChI=1S/C33H68/c1-23(2)25(5,6)27(9,10)29(13,14)31(17,18)33(21,22)32(19,20)30(15,16)28(11,12)26(7,8)24(3)4/h23-24H,1-22H3. The highest BCUT2D eigenvalue weighted by Gasteiger charge is 2.67. The molecule has 0 saturated carbocycles. The van der Waals surface area contributed by atoms with Crippen LogP contribution in [-0.2, 0) is 0 Å². The van der Waals surface area contributed by atoms with Gasteiger partial charge in [-0.15, -0.1) is 0 Å². The summed E-state index contributed by atoms with van der Waals surface area (Å²) < 4.78 is 0. The van der Waals surface area contributed by atoms with E-state index in [-0.39, 0.29) is 48.7 Å². The molecule has 0 heterocycles. The maximum absolute atomic E-state index is 2.58. The quantitative estimate of drug-likeness (QED) is 0.301. The first-order valence-corrected chi connectivity index (χ1v) is 13.9. The Hall–Kier alpha value is 0. The average Bonchev–Trinajstić information content (AvgIpc) is 2.59. The Balaban J connectivity index is 7.00. The molecule has 0 rings (SSSR count). The summed E-state index contributed by atoms with van der Waals surface area (Å²) >= 11 is 0. The third kappa shape index (κ3) is 4.08. The monoisotopic (exact) mass is 465 g/mol. The molecule has 0 radical (unpaired) electrons. The van der Waals surface area contributed by atoms with Crippen LogP contribution in [0.3, 0.4) is 0 Å². The smallest absolute Gasteiger partial charge is 0.0241 e. The summed E-state index contributed by atoms with van der Waals surface area (Å²) in [4.78, 5) is 0. The molecule has 200 valence electrons. The van der Waals surface area contributed by atoms with Crippen LogP contribution < -0.4 is 0 Å². The molecule has 0 aliphatic carbocycles. The highest BCUT2D eigenvalue weighted by Crippen LogP contribution is 2.73. The van der Waals surface area contributed by atoms with E-state index in [1.807, 2.05) is 0 Å². The highest BCUT2D eigenvalue weighted by molar-refractivity contribution is 5.15. The summed E-state index contributed by atoms with van der Waals surface area (Å²) in [7, 11) is 0. The molecule has 0 aliphatic heterocycles. The number of rotatable bonds is 10. The zero-order chi connectivity index (χ0) is 27.7. The van der Waals surface area contributed by atoms with Crippen LogP contribution in [0, 0.1) is 60.6 Å². The Morgan fingerprint density at radius 1 is 0.242 bits per heavy atom. The summed E-state index contributed by atoms with van der Waals surface area (Å²) in [6.45, 7) is 55.4. The first-order chi connectivity index (χ1) is 13.9. The summed E-state index contributed by atoms with van der Waals surface area (Å²) in [6, 6.07) is 0. The van der Waals surface area contributed by atoms with Gasteiger partial charge in [-0.1, -0.05) is 152 Å². The second kappa shape index (κ2) is 8.54. The summed E-state index contributed by atoms with van der Waals surface area (Å²) in [6.07, 6.45) is 0. The van der Waals surface area contributed by atoms with Crippen LogP contribution in [-0.4, -0.2) is 0 Å². The molecule has 0 heteroatoms. The largest absolute Gasteiger partial charge is 0.0622 e.